The van der Waals surface area contributed by atoms with Crippen LogP contribution in [0, 0.1) is 0 Å². The van der Waals surface area contributed by atoms with Gasteiger partial charge < -0.3 is 25.6 Å². The standard InChI is InChI=1S/C26H26N8O2/c1-4-22(35)30-18-7-5-6-16(12-18)23-24-17(10-11-27-23)13-28-26(33-24)31-20-8-9-21(32-25(20)36-3)29-19-14-34(2)15-19/h4-13,19H,1,14-15H2,2-3H3,(H,29,32)(H,30,35)(H,28,31,33). The van der Waals surface area contributed by atoms with Crippen molar-refractivity contribution in [3.63, 3.8) is 0 Å². The van der Waals surface area contributed by atoms with Crippen LogP contribution in [0.2, 0.25) is 0 Å². The number of rotatable bonds is 8. The van der Waals surface area contributed by atoms with Crippen LogP contribution in [0.1, 0.15) is 0 Å². The number of amides is 1. The summed E-state index contributed by atoms with van der Waals surface area (Å²) in [6, 6.07) is 13.4. The maximum Gasteiger partial charge on any atom is 0.247 e. The van der Waals surface area contributed by atoms with Crippen LogP contribution in [-0.4, -0.2) is 64.0 Å². The van der Waals surface area contributed by atoms with E-state index in [4.69, 9.17) is 9.72 Å². The first-order chi connectivity index (χ1) is 17.5. The largest absolute Gasteiger partial charge is 0.479 e. The van der Waals surface area contributed by atoms with E-state index in [0.717, 1.165) is 29.9 Å². The molecule has 10 nitrogen and oxygen atoms in total. The molecule has 4 heterocycles. The van der Waals surface area contributed by atoms with Crippen molar-refractivity contribution in [2.24, 2.45) is 0 Å². The number of hydrogen-bond acceptors (Lipinski definition) is 9. The quantitative estimate of drug-likeness (QED) is 0.323. The number of likely N-dealkylation sites (tertiary alicyclic amines) is 1. The van der Waals surface area contributed by atoms with E-state index < -0.39 is 0 Å². The lowest BCUT2D eigenvalue weighted by molar-refractivity contribution is -0.111. The number of aromatic nitrogens is 4. The number of pyridine rings is 2. The Morgan fingerprint density at radius 2 is 2.03 bits per heavy atom. The van der Waals surface area contributed by atoms with Crippen molar-refractivity contribution in [2.75, 3.05) is 43.2 Å². The molecule has 0 atom stereocenters. The lowest BCUT2D eigenvalue weighted by Crippen LogP contribution is -2.52. The maximum absolute atomic E-state index is 11.7. The predicted molar refractivity (Wildman–Crippen MR) is 141 cm³/mol. The lowest BCUT2D eigenvalue weighted by Gasteiger charge is -2.36. The summed E-state index contributed by atoms with van der Waals surface area (Å²) < 4.78 is 5.51. The zero-order chi connectivity index (χ0) is 25.1. The Morgan fingerprint density at radius 3 is 2.81 bits per heavy atom. The van der Waals surface area contributed by atoms with Gasteiger partial charge in [-0.25, -0.2) is 9.97 Å². The number of nitrogens with zero attached hydrogens (tertiary/aromatic N) is 5. The molecule has 5 rings (SSSR count). The van der Waals surface area contributed by atoms with Gasteiger partial charge in [0.25, 0.3) is 0 Å². The molecule has 0 aliphatic carbocycles. The van der Waals surface area contributed by atoms with Crippen molar-refractivity contribution in [2.45, 2.75) is 6.04 Å². The summed E-state index contributed by atoms with van der Waals surface area (Å²) in [5.41, 5.74) is 3.43. The fourth-order valence-corrected chi connectivity index (χ4v) is 4.06. The van der Waals surface area contributed by atoms with Gasteiger partial charge in [-0.2, -0.15) is 4.98 Å². The van der Waals surface area contributed by atoms with Crippen LogP contribution >= 0.6 is 0 Å². The van der Waals surface area contributed by atoms with Gasteiger partial charge in [0.2, 0.25) is 17.7 Å². The molecule has 0 spiro atoms. The minimum atomic E-state index is -0.282. The molecular weight excluding hydrogens is 456 g/mol. The molecule has 10 heteroatoms. The zero-order valence-electron chi connectivity index (χ0n) is 20.0. The minimum Gasteiger partial charge on any atom is -0.479 e. The smallest absolute Gasteiger partial charge is 0.247 e. The molecule has 0 radical (unpaired) electrons. The summed E-state index contributed by atoms with van der Waals surface area (Å²) in [4.78, 5) is 32.3. The first-order valence-corrected chi connectivity index (χ1v) is 11.4. The Labute approximate surface area is 208 Å². The summed E-state index contributed by atoms with van der Waals surface area (Å²) in [5, 5.41) is 10.2. The minimum absolute atomic E-state index is 0.282. The van der Waals surface area contributed by atoms with E-state index >= 15 is 0 Å². The molecule has 36 heavy (non-hydrogen) atoms. The van der Waals surface area contributed by atoms with Crippen LogP contribution in [0.3, 0.4) is 0 Å². The molecule has 1 saturated heterocycles. The van der Waals surface area contributed by atoms with Gasteiger partial charge in [0.15, 0.2) is 0 Å². The monoisotopic (exact) mass is 482 g/mol. The van der Waals surface area contributed by atoms with Crippen molar-refractivity contribution in [1.29, 1.82) is 0 Å². The number of benzene rings is 1. The number of ether oxygens (including phenoxy) is 1. The van der Waals surface area contributed by atoms with E-state index in [1.54, 1.807) is 25.6 Å². The molecule has 4 aromatic rings. The van der Waals surface area contributed by atoms with Crippen LogP contribution < -0.4 is 20.7 Å². The molecule has 1 amide bonds. The van der Waals surface area contributed by atoms with Crippen LogP contribution in [0.25, 0.3) is 22.2 Å². The van der Waals surface area contributed by atoms with Gasteiger partial charge in [0.1, 0.15) is 17.0 Å². The van der Waals surface area contributed by atoms with E-state index in [9.17, 15) is 4.79 Å². The van der Waals surface area contributed by atoms with Crippen molar-refractivity contribution >= 4 is 40.0 Å². The second kappa shape index (κ2) is 9.96. The normalized spacial score (nSPS) is 13.6. The molecule has 3 aromatic heterocycles. The summed E-state index contributed by atoms with van der Waals surface area (Å²) in [6.07, 6.45) is 4.68. The predicted octanol–water partition coefficient (Wildman–Crippen LogP) is 3.69. The van der Waals surface area contributed by atoms with E-state index in [1.807, 2.05) is 36.4 Å². The number of carbonyl (C=O) groups excluding carboxylic acids is 1. The molecule has 1 aromatic carbocycles. The highest BCUT2D eigenvalue weighted by Gasteiger charge is 2.23. The highest BCUT2D eigenvalue weighted by atomic mass is 16.5. The number of carbonyl (C=O) groups is 1. The Hall–Kier alpha value is -4.57. The third-order valence-corrected chi connectivity index (χ3v) is 5.80. The van der Waals surface area contributed by atoms with E-state index in [-0.39, 0.29) is 5.91 Å². The summed E-state index contributed by atoms with van der Waals surface area (Å²) in [6.45, 7) is 5.46. The fourth-order valence-electron chi connectivity index (χ4n) is 4.06. The maximum atomic E-state index is 11.7. The van der Waals surface area contributed by atoms with Crippen molar-refractivity contribution < 1.29 is 9.53 Å². The Balaban J connectivity index is 1.43. The highest BCUT2D eigenvalue weighted by Crippen LogP contribution is 2.30. The van der Waals surface area contributed by atoms with Crippen molar-refractivity contribution in [3.05, 3.63) is 67.5 Å². The molecule has 1 fully saturated rings. The van der Waals surface area contributed by atoms with Gasteiger partial charge in [0.05, 0.1) is 18.8 Å². The van der Waals surface area contributed by atoms with Crippen LogP contribution in [0.4, 0.5) is 23.1 Å². The molecule has 1 aliphatic rings. The van der Waals surface area contributed by atoms with E-state index in [1.165, 1.54) is 6.08 Å². The SMILES string of the molecule is C=CC(=O)Nc1cccc(-c2nccc3cnc(Nc4ccc(NC5CN(C)C5)nc4OC)nc23)c1. The molecule has 0 bridgehead atoms. The second-order valence-electron chi connectivity index (χ2n) is 8.51. The van der Waals surface area contributed by atoms with Gasteiger partial charge in [-0.3, -0.25) is 9.78 Å². The molecule has 0 saturated carbocycles. The third kappa shape index (κ3) is 4.93. The summed E-state index contributed by atoms with van der Waals surface area (Å²) in [7, 11) is 3.66. The topological polar surface area (TPSA) is 117 Å². The summed E-state index contributed by atoms with van der Waals surface area (Å²) in [5.74, 6) is 1.29. The van der Waals surface area contributed by atoms with Crippen molar-refractivity contribution in [3.8, 4) is 17.1 Å². The van der Waals surface area contributed by atoms with Gasteiger partial charge in [-0.05, 0) is 43.5 Å². The number of methoxy groups -OCH3 is 1. The van der Waals surface area contributed by atoms with Gasteiger partial charge >= 0.3 is 0 Å². The number of anilines is 4. The first kappa shape index (κ1) is 23.2. The van der Waals surface area contributed by atoms with Gasteiger partial charge in [0, 0.05) is 42.1 Å². The molecular formula is C26H26N8O2. The van der Waals surface area contributed by atoms with Crippen LogP contribution in [0.5, 0.6) is 5.88 Å². The lowest BCUT2D eigenvalue weighted by atomic mass is 10.1. The molecule has 182 valence electrons. The third-order valence-electron chi connectivity index (χ3n) is 5.80. The van der Waals surface area contributed by atoms with Crippen molar-refractivity contribution in [1.82, 2.24) is 24.8 Å². The molecule has 3 N–H and O–H groups in total. The van der Waals surface area contributed by atoms with E-state index in [0.29, 0.717) is 40.5 Å². The first-order valence-electron chi connectivity index (χ1n) is 11.4. The number of hydrogen-bond donors (Lipinski definition) is 3. The average molecular weight is 483 g/mol. The zero-order valence-corrected chi connectivity index (χ0v) is 20.0. The van der Waals surface area contributed by atoms with Crippen LogP contribution in [-0.2, 0) is 4.79 Å². The van der Waals surface area contributed by atoms with E-state index in [2.05, 4.69) is 49.4 Å². The van der Waals surface area contributed by atoms with Gasteiger partial charge in [-0.15, -0.1) is 0 Å². The van der Waals surface area contributed by atoms with Gasteiger partial charge in [-0.1, -0.05) is 18.7 Å². The molecule has 0 unspecified atom stereocenters. The average Bonchev–Trinajstić information content (AvgIpc) is 2.88. The highest BCUT2D eigenvalue weighted by molar-refractivity contribution is 5.99. The Bertz CT molecular complexity index is 1430. The second-order valence-corrected chi connectivity index (χ2v) is 8.51. The summed E-state index contributed by atoms with van der Waals surface area (Å²) >= 11 is 0. The number of nitrogens with one attached hydrogen (secondary N) is 3. The number of fused-ring (bicyclic) bond motifs is 1. The molecule has 1 aliphatic heterocycles. The van der Waals surface area contributed by atoms with Crippen LogP contribution in [0.15, 0.2) is 67.5 Å². The number of likely N-dealkylation sites (N-methyl/N-ethyl adjacent to an activating group) is 1. The Morgan fingerprint density at radius 1 is 1.17 bits per heavy atom. The Kier molecular flexibility index (Phi) is 6.42. The fraction of sp³-hybridized carbons (Fsp3) is 0.192.